The molecule has 1 aromatic carbocycles. The Morgan fingerprint density at radius 1 is 1.17 bits per heavy atom. The summed E-state index contributed by atoms with van der Waals surface area (Å²) in [5, 5.41) is 6.68. The van der Waals surface area contributed by atoms with Crippen molar-refractivity contribution in [1.82, 2.24) is 24.5 Å². The SMILES string of the molecule is Cc1n[nH]c(C)c1S(=O)(=O)N(C)C1CN(c2ncnc(-c3ccccc3)c2F)C1. The molecule has 1 saturated heterocycles. The Bertz CT molecular complexity index is 1120. The number of aryl methyl sites for hydroxylation is 2. The lowest BCUT2D eigenvalue weighted by Crippen LogP contribution is -2.60. The first-order valence-electron chi connectivity index (χ1n) is 9.11. The fourth-order valence-electron chi connectivity index (χ4n) is 3.50. The van der Waals surface area contributed by atoms with Gasteiger partial charge >= 0.3 is 0 Å². The molecule has 3 heterocycles. The van der Waals surface area contributed by atoms with E-state index in [1.807, 2.05) is 18.2 Å². The molecule has 0 radical (unpaired) electrons. The summed E-state index contributed by atoms with van der Waals surface area (Å²) in [6, 6.07) is 8.76. The summed E-state index contributed by atoms with van der Waals surface area (Å²) in [4.78, 5) is 10.1. The monoisotopic (exact) mass is 416 g/mol. The highest BCUT2D eigenvalue weighted by molar-refractivity contribution is 7.89. The molecule has 1 aliphatic rings. The third-order valence-electron chi connectivity index (χ3n) is 5.19. The van der Waals surface area contributed by atoms with Crippen LogP contribution in [-0.2, 0) is 10.0 Å². The van der Waals surface area contributed by atoms with Gasteiger partial charge in [-0.3, -0.25) is 5.10 Å². The third-order valence-corrected chi connectivity index (χ3v) is 7.37. The lowest BCUT2D eigenvalue weighted by Gasteiger charge is -2.44. The van der Waals surface area contributed by atoms with Crippen LogP contribution in [0.25, 0.3) is 11.3 Å². The van der Waals surface area contributed by atoms with Gasteiger partial charge in [-0.15, -0.1) is 0 Å². The molecule has 29 heavy (non-hydrogen) atoms. The van der Waals surface area contributed by atoms with Crippen LogP contribution in [0.2, 0.25) is 0 Å². The Labute approximate surface area is 168 Å². The molecule has 1 N–H and O–H groups in total. The van der Waals surface area contributed by atoms with Crippen molar-refractivity contribution in [3.63, 3.8) is 0 Å². The summed E-state index contributed by atoms with van der Waals surface area (Å²) in [7, 11) is -2.16. The van der Waals surface area contributed by atoms with Crippen LogP contribution in [-0.4, -0.2) is 59.1 Å². The molecule has 152 valence electrons. The van der Waals surface area contributed by atoms with Crippen LogP contribution in [0.5, 0.6) is 0 Å². The topological polar surface area (TPSA) is 95.1 Å². The van der Waals surface area contributed by atoms with Crippen LogP contribution in [0.4, 0.5) is 10.2 Å². The van der Waals surface area contributed by atoms with E-state index in [0.29, 0.717) is 30.0 Å². The van der Waals surface area contributed by atoms with E-state index in [0.717, 1.165) is 0 Å². The maximum absolute atomic E-state index is 15.0. The number of rotatable bonds is 5. The van der Waals surface area contributed by atoms with Crippen molar-refractivity contribution in [3.05, 3.63) is 53.9 Å². The Kier molecular flexibility index (Phi) is 4.83. The van der Waals surface area contributed by atoms with E-state index >= 15 is 4.39 Å². The van der Waals surface area contributed by atoms with E-state index in [2.05, 4.69) is 20.2 Å². The maximum Gasteiger partial charge on any atom is 0.246 e. The van der Waals surface area contributed by atoms with Crippen molar-refractivity contribution < 1.29 is 12.8 Å². The van der Waals surface area contributed by atoms with Crippen molar-refractivity contribution in [1.29, 1.82) is 0 Å². The van der Waals surface area contributed by atoms with E-state index in [4.69, 9.17) is 0 Å². The van der Waals surface area contributed by atoms with E-state index < -0.39 is 15.8 Å². The van der Waals surface area contributed by atoms with Gasteiger partial charge in [0.25, 0.3) is 0 Å². The van der Waals surface area contributed by atoms with Gasteiger partial charge in [0.1, 0.15) is 16.9 Å². The van der Waals surface area contributed by atoms with E-state index in [-0.39, 0.29) is 22.4 Å². The number of aromatic nitrogens is 4. The van der Waals surface area contributed by atoms with Crippen LogP contribution >= 0.6 is 0 Å². The molecule has 10 heteroatoms. The summed E-state index contributed by atoms with van der Waals surface area (Å²) in [6.45, 7) is 4.01. The molecule has 0 aliphatic carbocycles. The number of benzene rings is 1. The Balaban J connectivity index is 1.53. The molecular formula is C19H21FN6O2S. The largest absolute Gasteiger partial charge is 0.351 e. The average molecular weight is 416 g/mol. The second-order valence-electron chi connectivity index (χ2n) is 7.07. The number of anilines is 1. The number of hydrogen-bond donors (Lipinski definition) is 1. The van der Waals surface area contributed by atoms with E-state index in [9.17, 15) is 8.42 Å². The van der Waals surface area contributed by atoms with Gasteiger partial charge in [0.2, 0.25) is 10.0 Å². The third kappa shape index (κ3) is 3.28. The minimum atomic E-state index is -3.70. The molecule has 0 bridgehead atoms. The maximum atomic E-state index is 15.0. The molecule has 0 unspecified atom stereocenters. The number of sulfonamides is 1. The number of halogens is 1. The minimum absolute atomic E-state index is 0.177. The van der Waals surface area contributed by atoms with Gasteiger partial charge in [-0.1, -0.05) is 30.3 Å². The molecule has 1 aliphatic heterocycles. The van der Waals surface area contributed by atoms with Gasteiger partial charge in [-0.2, -0.15) is 9.40 Å². The fourth-order valence-corrected chi connectivity index (χ4v) is 5.16. The van der Waals surface area contributed by atoms with Gasteiger partial charge in [0, 0.05) is 25.7 Å². The first-order chi connectivity index (χ1) is 13.8. The van der Waals surface area contributed by atoms with Crippen LogP contribution < -0.4 is 4.90 Å². The second kappa shape index (κ2) is 7.20. The minimum Gasteiger partial charge on any atom is -0.351 e. The van der Waals surface area contributed by atoms with E-state index in [1.165, 1.54) is 17.7 Å². The molecule has 0 amide bonds. The van der Waals surface area contributed by atoms with Crippen LogP contribution in [0.15, 0.2) is 41.6 Å². The molecule has 0 atom stereocenters. The smallest absolute Gasteiger partial charge is 0.246 e. The predicted molar refractivity (Wildman–Crippen MR) is 106 cm³/mol. The van der Waals surface area contributed by atoms with Crippen molar-refractivity contribution in [2.75, 3.05) is 25.0 Å². The number of H-pyrrole nitrogens is 1. The summed E-state index contributed by atoms with van der Waals surface area (Å²) in [5.41, 5.74) is 1.82. The highest BCUT2D eigenvalue weighted by atomic mass is 32.2. The standard InChI is InChI=1S/C19H21FN6O2S/c1-12-18(13(2)24-23-12)29(27,28)25(3)15-9-26(10-15)19-16(20)17(21-11-22-19)14-7-5-4-6-8-14/h4-8,11,15H,9-10H2,1-3H3,(H,23,24). The lowest BCUT2D eigenvalue weighted by atomic mass is 10.1. The Morgan fingerprint density at radius 3 is 2.48 bits per heavy atom. The predicted octanol–water partition coefficient (Wildman–Crippen LogP) is 2.13. The summed E-state index contributed by atoms with van der Waals surface area (Å²) >= 11 is 0. The molecule has 3 aromatic rings. The second-order valence-corrected chi connectivity index (χ2v) is 9.00. The average Bonchev–Trinajstić information content (AvgIpc) is 3.01. The molecule has 0 saturated carbocycles. The number of nitrogens with zero attached hydrogens (tertiary/aromatic N) is 5. The lowest BCUT2D eigenvalue weighted by molar-refractivity contribution is 0.307. The zero-order chi connectivity index (χ0) is 20.8. The van der Waals surface area contributed by atoms with E-state index in [1.54, 1.807) is 30.9 Å². The quantitative estimate of drug-likeness (QED) is 0.685. The molecule has 4 rings (SSSR count). The van der Waals surface area contributed by atoms with Crippen LogP contribution in [0, 0.1) is 19.7 Å². The molecule has 8 nitrogen and oxygen atoms in total. The highest BCUT2D eigenvalue weighted by Gasteiger charge is 2.40. The number of likely N-dealkylation sites (N-methyl/N-ethyl adjacent to an activating group) is 1. The zero-order valence-corrected chi connectivity index (χ0v) is 17.1. The number of aromatic amines is 1. The van der Waals surface area contributed by atoms with Gasteiger partial charge in [0.15, 0.2) is 11.6 Å². The van der Waals surface area contributed by atoms with Crippen molar-refractivity contribution in [3.8, 4) is 11.3 Å². The summed E-state index contributed by atoms with van der Waals surface area (Å²) < 4.78 is 42.3. The fraction of sp³-hybridized carbons (Fsp3) is 0.316. The highest BCUT2D eigenvalue weighted by Crippen LogP contribution is 2.31. The summed E-state index contributed by atoms with van der Waals surface area (Å²) in [5.74, 6) is -0.333. The first kappa shape index (κ1) is 19.5. The number of hydrogen-bond acceptors (Lipinski definition) is 6. The first-order valence-corrected chi connectivity index (χ1v) is 10.5. The summed E-state index contributed by atoms with van der Waals surface area (Å²) in [6.07, 6.45) is 1.33. The Hall–Kier alpha value is -2.85. The van der Waals surface area contributed by atoms with Crippen molar-refractivity contribution >= 4 is 15.8 Å². The molecule has 0 spiro atoms. The van der Waals surface area contributed by atoms with Crippen LogP contribution in [0.3, 0.4) is 0 Å². The van der Waals surface area contributed by atoms with Gasteiger partial charge < -0.3 is 4.90 Å². The molecule has 1 fully saturated rings. The normalized spacial score (nSPS) is 15.0. The zero-order valence-electron chi connectivity index (χ0n) is 16.3. The van der Waals surface area contributed by atoms with Crippen LogP contribution in [0.1, 0.15) is 11.4 Å². The van der Waals surface area contributed by atoms with Crippen molar-refractivity contribution in [2.24, 2.45) is 0 Å². The Morgan fingerprint density at radius 2 is 1.86 bits per heavy atom. The van der Waals surface area contributed by atoms with Gasteiger partial charge in [0.05, 0.1) is 17.4 Å². The molecular weight excluding hydrogens is 395 g/mol. The molecule has 2 aromatic heterocycles. The van der Waals surface area contributed by atoms with Gasteiger partial charge in [-0.25, -0.2) is 22.8 Å². The van der Waals surface area contributed by atoms with Gasteiger partial charge in [-0.05, 0) is 13.8 Å². The van der Waals surface area contributed by atoms with Crippen molar-refractivity contribution in [2.45, 2.75) is 24.8 Å². The number of nitrogens with one attached hydrogen (secondary N) is 1.